The lowest BCUT2D eigenvalue weighted by Crippen LogP contribution is -2.40. The summed E-state index contributed by atoms with van der Waals surface area (Å²) < 4.78 is 5.98. The van der Waals surface area contributed by atoms with E-state index in [1.807, 2.05) is 19.1 Å². The molecule has 0 radical (unpaired) electrons. The van der Waals surface area contributed by atoms with Crippen LogP contribution in [0, 0.1) is 0 Å². The first-order chi connectivity index (χ1) is 13.6. The topological polar surface area (TPSA) is 38.3 Å². The fourth-order valence-electron chi connectivity index (χ4n) is 3.95. The number of nitrogens with one attached hydrogen (secondary N) is 1. The SMILES string of the molecule is CCc1ccc(O[C@H](CC)C(=O)N[C@@H](CC)c2ccc3c(c2)CCCC3)cc1. The molecule has 0 saturated heterocycles. The van der Waals surface area contributed by atoms with Gasteiger partial charge in [-0.3, -0.25) is 4.79 Å². The second-order valence-electron chi connectivity index (χ2n) is 7.72. The van der Waals surface area contributed by atoms with Gasteiger partial charge < -0.3 is 10.1 Å². The largest absolute Gasteiger partial charge is 0.481 e. The lowest BCUT2D eigenvalue weighted by molar-refractivity contribution is -0.128. The smallest absolute Gasteiger partial charge is 0.261 e. The fraction of sp³-hybridized carbons (Fsp3) is 0.480. The Morgan fingerprint density at radius 2 is 1.68 bits per heavy atom. The van der Waals surface area contributed by atoms with Crippen molar-refractivity contribution in [1.29, 1.82) is 0 Å². The monoisotopic (exact) mass is 379 g/mol. The van der Waals surface area contributed by atoms with Crippen molar-refractivity contribution >= 4 is 5.91 Å². The van der Waals surface area contributed by atoms with E-state index in [9.17, 15) is 4.79 Å². The third kappa shape index (κ3) is 4.95. The van der Waals surface area contributed by atoms with Crippen molar-refractivity contribution in [2.75, 3.05) is 0 Å². The number of carbonyl (C=O) groups is 1. The maximum Gasteiger partial charge on any atom is 0.261 e. The van der Waals surface area contributed by atoms with E-state index in [4.69, 9.17) is 4.74 Å². The number of benzene rings is 2. The fourth-order valence-corrected chi connectivity index (χ4v) is 3.95. The molecule has 1 N–H and O–H groups in total. The van der Waals surface area contributed by atoms with Gasteiger partial charge in [0.25, 0.3) is 5.91 Å². The number of fused-ring (bicyclic) bond motifs is 1. The molecular formula is C25H33NO2. The van der Waals surface area contributed by atoms with E-state index >= 15 is 0 Å². The summed E-state index contributed by atoms with van der Waals surface area (Å²) in [6, 6.07) is 14.8. The first kappa shape index (κ1) is 20.4. The molecule has 2 aromatic carbocycles. The highest BCUT2D eigenvalue weighted by Gasteiger charge is 2.22. The lowest BCUT2D eigenvalue weighted by Gasteiger charge is -2.24. The molecular weight excluding hydrogens is 346 g/mol. The number of aryl methyl sites for hydroxylation is 3. The molecule has 3 heteroatoms. The molecule has 1 amide bonds. The molecule has 1 aliphatic rings. The van der Waals surface area contributed by atoms with Gasteiger partial charge >= 0.3 is 0 Å². The van der Waals surface area contributed by atoms with Crippen molar-refractivity contribution in [2.24, 2.45) is 0 Å². The second-order valence-corrected chi connectivity index (χ2v) is 7.72. The molecule has 0 heterocycles. The van der Waals surface area contributed by atoms with Crippen molar-refractivity contribution < 1.29 is 9.53 Å². The number of hydrogen-bond donors (Lipinski definition) is 1. The molecule has 0 unspecified atom stereocenters. The van der Waals surface area contributed by atoms with Crippen molar-refractivity contribution in [3.63, 3.8) is 0 Å². The van der Waals surface area contributed by atoms with Crippen molar-refractivity contribution in [3.05, 3.63) is 64.7 Å². The average molecular weight is 380 g/mol. The summed E-state index contributed by atoms with van der Waals surface area (Å²) in [7, 11) is 0. The Kier molecular flexibility index (Phi) is 7.13. The summed E-state index contributed by atoms with van der Waals surface area (Å²) in [6.45, 7) is 6.24. The lowest BCUT2D eigenvalue weighted by atomic mass is 9.88. The van der Waals surface area contributed by atoms with Crippen LogP contribution < -0.4 is 10.1 Å². The molecule has 3 rings (SSSR count). The molecule has 28 heavy (non-hydrogen) atoms. The van der Waals surface area contributed by atoms with Crippen LogP contribution in [0.25, 0.3) is 0 Å². The van der Waals surface area contributed by atoms with Crippen LogP contribution in [-0.2, 0) is 24.1 Å². The third-order valence-corrected chi connectivity index (χ3v) is 5.77. The van der Waals surface area contributed by atoms with E-state index in [1.165, 1.54) is 41.5 Å². The molecule has 150 valence electrons. The van der Waals surface area contributed by atoms with Gasteiger partial charge in [0, 0.05) is 0 Å². The number of amides is 1. The zero-order valence-electron chi connectivity index (χ0n) is 17.5. The summed E-state index contributed by atoms with van der Waals surface area (Å²) >= 11 is 0. The molecule has 3 nitrogen and oxygen atoms in total. The van der Waals surface area contributed by atoms with Crippen LogP contribution in [0.3, 0.4) is 0 Å². The highest BCUT2D eigenvalue weighted by Crippen LogP contribution is 2.26. The summed E-state index contributed by atoms with van der Waals surface area (Å²) in [6.07, 6.45) is 6.92. The van der Waals surface area contributed by atoms with Gasteiger partial charge in [-0.05, 0) is 79.3 Å². The molecule has 0 spiro atoms. The number of rotatable bonds is 8. The Labute approximate surface area is 169 Å². The van der Waals surface area contributed by atoms with Crippen LogP contribution in [0.2, 0.25) is 0 Å². The molecule has 0 fully saturated rings. The Morgan fingerprint density at radius 1 is 0.964 bits per heavy atom. The zero-order valence-corrected chi connectivity index (χ0v) is 17.5. The van der Waals surface area contributed by atoms with Gasteiger partial charge in [0.1, 0.15) is 5.75 Å². The van der Waals surface area contributed by atoms with E-state index < -0.39 is 6.10 Å². The second kappa shape index (κ2) is 9.77. The summed E-state index contributed by atoms with van der Waals surface area (Å²) in [5.41, 5.74) is 5.40. The predicted octanol–water partition coefficient (Wildman–Crippen LogP) is 5.55. The number of ether oxygens (including phenoxy) is 1. The normalized spacial score (nSPS) is 15.4. The third-order valence-electron chi connectivity index (χ3n) is 5.77. The quantitative estimate of drug-likeness (QED) is 0.653. The first-order valence-corrected chi connectivity index (χ1v) is 10.8. The zero-order chi connectivity index (χ0) is 19.9. The molecule has 2 atom stereocenters. The van der Waals surface area contributed by atoms with Gasteiger partial charge in [0.05, 0.1) is 6.04 Å². The minimum atomic E-state index is -0.473. The van der Waals surface area contributed by atoms with Crippen LogP contribution in [0.4, 0.5) is 0 Å². The molecule has 0 aliphatic heterocycles. The van der Waals surface area contributed by atoms with Crippen LogP contribution in [0.15, 0.2) is 42.5 Å². The van der Waals surface area contributed by atoms with Crippen molar-refractivity contribution in [1.82, 2.24) is 5.32 Å². The highest BCUT2D eigenvalue weighted by atomic mass is 16.5. The maximum absolute atomic E-state index is 12.9. The van der Waals surface area contributed by atoms with Gasteiger partial charge in [-0.1, -0.05) is 51.1 Å². The van der Waals surface area contributed by atoms with E-state index in [-0.39, 0.29) is 11.9 Å². The van der Waals surface area contributed by atoms with E-state index in [2.05, 4.69) is 49.5 Å². The molecule has 0 aromatic heterocycles. The standard InChI is InChI=1S/C25H33NO2/c1-4-18-11-15-22(16-12-18)28-24(6-3)25(27)26-23(5-2)21-14-13-19-9-7-8-10-20(19)17-21/h11-17,23-24H,4-10H2,1-3H3,(H,26,27)/t23-,24+/m0/s1. The summed E-state index contributed by atoms with van der Waals surface area (Å²) in [4.78, 5) is 12.9. The van der Waals surface area contributed by atoms with Crippen molar-refractivity contribution in [3.8, 4) is 5.75 Å². The molecule has 0 saturated carbocycles. The summed E-state index contributed by atoms with van der Waals surface area (Å²) in [5, 5.41) is 3.22. The summed E-state index contributed by atoms with van der Waals surface area (Å²) in [5.74, 6) is 0.715. The molecule has 0 bridgehead atoms. The maximum atomic E-state index is 12.9. The predicted molar refractivity (Wildman–Crippen MR) is 115 cm³/mol. The van der Waals surface area contributed by atoms with Crippen LogP contribution in [-0.4, -0.2) is 12.0 Å². The van der Waals surface area contributed by atoms with Gasteiger partial charge in [-0.25, -0.2) is 0 Å². The Bertz CT molecular complexity index is 782. The van der Waals surface area contributed by atoms with Gasteiger partial charge in [-0.15, -0.1) is 0 Å². The molecule has 1 aliphatic carbocycles. The Hall–Kier alpha value is -2.29. The first-order valence-electron chi connectivity index (χ1n) is 10.8. The Balaban J connectivity index is 1.67. The minimum absolute atomic E-state index is 0.0276. The van der Waals surface area contributed by atoms with Gasteiger partial charge in [0.15, 0.2) is 6.10 Å². The van der Waals surface area contributed by atoms with Crippen LogP contribution in [0.1, 0.15) is 74.8 Å². The van der Waals surface area contributed by atoms with Gasteiger partial charge in [-0.2, -0.15) is 0 Å². The highest BCUT2D eigenvalue weighted by molar-refractivity contribution is 5.81. The minimum Gasteiger partial charge on any atom is -0.481 e. The van der Waals surface area contributed by atoms with E-state index in [0.717, 1.165) is 25.0 Å². The van der Waals surface area contributed by atoms with Gasteiger partial charge in [0.2, 0.25) is 0 Å². The Morgan fingerprint density at radius 3 is 2.32 bits per heavy atom. The van der Waals surface area contributed by atoms with E-state index in [0.29, 0.717) is 6.42 Å². The number of carbonyl (C=O) groups excluding carboxylic acids is 1. The van der Waals surface area contributed by atoms with Crippen LogP contribution in [0.5, 0.6) is 5.75 Å². The average Bonchev–Trinajstić information content (AvgIpc) is 2.75. The molecule has 2 aromatic rings. The number of hydrogen-bond acceptors (Lipinski definition) is 2. The van der Waals surface area contributed by atoms with Crippen molar-refractivity contribution in [2.45, 2.75) is 77.9 Å². The van der Waals surface area contributed by atoms with E-state index in [1.54, 1.807) is 0 Å². The van der Waals surface area contributed by atoms with Crippen LogP contribution >= 0.6 is 0 Å².